The van der Waals surface area contributed by atoms with Gasteiger partial charge in [-0.2, -0.15) is 0 Å². The number of fused-ring (bicyclic) bond motifs is 2. The molecule has 13 rings (SSSR count). The molecule has 0 bridgehead atoms. The molecule has 11 aromatic carbocycles. The molecule has 2 aromatic heterocycles. The highest BCUT2D eigenvalue weighted by atomic mass is 79.9. The maximum Gasteiger partial charge on any atom is 0.488 e. The van der Waals surface area contributed by atoms with Gasteiger partial charge in [-0.3, -0.25) is 0 Å². The SMILES string of the molecule is Brc1ccc2oc3ccc(Br)c4cccc(c5cccc1c25)c34.OB(O)c1ccccc1.c1ccc(-c2ccc3oc4ccc(-c5ccccc5)c5cccc(c6cccc2c36)c45)cc1. The van der Waals surface area contributed by atoms with Gasteiger partial charge >= 0.3 is 7.12 Å². The van der Waals surface area contributed by atoms with Gasteiger partial charge in [0, 0.05) is 41.3 Å². The van der Waals surface area contributed by atoms with Gasteiger partial charge in [0.05, 0.1) is 0 Å². The van der Waals surface area contributed by atoms with Crippen LogP contribution >= 0.6 is 31.9 Å². The molecule has 0 fully saturated rings. The average Bonchev–Trinajstić information content (AvgIpc) is 3.59. The van der Waals surface area contributed by atoms with Crippen molar-refractivity contribution in [2.45, 2.75) is 0 Å². The molecule has 65 heavy (non-hydrogen) atoms. The lowest BCUT2D eigenvalue weighted by Crippen LogP contribution is -2.29. The smallest absolute Gasteiger partial charge is 0.456 e. The Hall–Kier alpha value is -7.00. The molecular weight excluding hydrogens is 931 g/mol. The van der Waals surface area contributed by atoms with Gasteiger partial charge in [0.2, 0.25) is 0 Å². The van der Waals surface area contributed by atoms with Crippen molar-refractivity contribution in [3.63, 3.8) is 0 Å². The van der Waals surface area contributed by atoms with Crippen molar-refractivity contribution < 1.29 is 18.9 Å². The molecule has 0 saturated heterocycles. The minimum absolute atomic E-state index is 0.525. The Morgan fingerprint density at radius 2 is 0.600 bits per heavy atom. The van der Waals surface area contributed by atoms with Crippen LogP contribution in [0.1, 0.15) is 0 Å². The zero-order valence-electron chi connectivity index (χ0n) is 34.8. The minimum Gasteiger partial charge on any atom is -0.456 e. The molecule has 0 unspecified atom stereocenters. The van der Waals surface area contributed by atoms with Gasteiger partial charge in [-0.05, 0) is 96.4 Å². The van der Waals surface area contributed by atoms with Gasteiger partial charge in [0.25, 0.3) is 0 Å². The monoisotopic (exact) mass is 966 g/mol. The van der Waals surface area contributed by atoms with Crippen molar-refractivity contribution in [2.24, 2.45) is 0 Å². The largest absolute Gasteiger partial charge is 0.488 e. The Morgan fingerprint density at radius 1 is 0.292 bits per heavy atom. The second kappa shape index (κ2) is 17.2. The molecule has 310 valence electrons. The summed E-state index contributed by atoms with van der Waals surface area (Å²) in [6.07, 6.45) is 0. The standard InChI is InChI=1S/C32H20O.C20H10Br2O.C6H7BO2/c1-3-9-21(10-4-1)23-17-19-29-31-25(23)13-7-15-27(31)28-16-8-14-26-24(22-11-5-2-6-12-22)18-20-30(33-29)32(26)28;21-15-7-9-17-19-11(3-1-5-13(15)19)12-4-2-6-14-16(22)8-10-18(23-17)20(12)14;8-7(9)6-4-2-1-3-5-6/h1-20H;1-10H;1-5,8-9H. The van der Waals surface area contributed by atoms with E-state index in [2.05, 4.69) is 190 Å². The fourth-order valence-corrected chi connectivity index (χ4v) is 10.2. The average molecular weight is 969 g/mol. The molecule has 13 aromatic rings. The summed E-state index contributed by atoms with van der Waals surface area (Å²) in [7, 11) is -1.34. The Bertz CT molecular complexity index is 3650. The molecule has 2 heterocycles. The van der Waals surface area contributed by atoms with Crippen LogP contribution in [-0.4, -0.2) is 17.2 Å². The van der Waals surface area contributed by atoms with E-state index in [1.165, 1.54) is 76.1 Å². The van der Waals surface area contributed by atoms with E-state index in [1.54, 1.807) is 24.3 Å². The number of halogens is 2. The molecule has 4 nitrogen and oxygen atoms in total. The van der Waals surface area contributed by atoms with E-state index in [4.69, 9.17) is 18.9 Å². The first-order valence-corrected chi connectivity index (χ1v) is 22.9. The summed E-state index contributed by atoms with van der Waals surface area (Å²) < 4.78 is 15.1. The topological polar surface area (TPSA) is 66.7 Å². The Morgan fingerprint density at radius 3 is 0.954 bits per heavy atom. The predicted octanol–water partition coefficient (Wildman–Crippen LogP) is 16.0. The molecule has 0 aliphatic heterocycles. The molecule has 0 atom stereocenters. The van der Waals surface area contributed by atoms with Crippen LogP contribution in [0.4, 0.5) is 0 Å². The number of hydrogen-bond acceptors (Lipinski definition) is 4. The van der Waals surface area contributed by atoms with Crippen molar-refractivity contribution in [1.82, 2.24) is 0 Å². The summed E-state index contributed by atoms with van der Waals surface area (Å²) in [5.41, 5.74) is 9.02. The van der Waals surface area contributed by atoms with Gasteiger partial charge < -0.3 is 18.9 Å². The highest BCUT2D eigenvalue weighted by Gasteiger charge is 2.17. The number of hydrogen-bond donors (Lipinski definition) is 2. The fraction of sp³-hybridized carbons (Fsp3) is 0. The highest BCUT2D eigenvalue weighted by molar-refractivity contribution is 9.11. The summed E-state index contributed by atoms with van der Waals surface area (Å²) >= 11 is 7.33. The first-order valence-electron chi connectivity index (χ1n) is 21.4. The van der Waals surface area contributed by atoms with Crippen LogP contribution in [0.2, 0.25) is 0 Å². The summed E-state index contributed by atoms with van der Waals surface area (Å²) in [4.78, 5) is 0. The van der Waals surface area contributed by atoms with Crippen LogP contribution < -0.4 is 5.46 Å². The van der Waals surface area contributed by atoms with E-state index in [-0.39, 0.29) is 0 Å². The van der Waals surface area contributed by atoms with Gasteiger partial charge in [-0.1, -0.05) is 208 Å². The van der Waals surface area contributed by atoms with Crippen molar-refractivity contribution in [3.8, 4) is 22.3 Å². The van der Waals surface area contributed by atoms with Crippen molar-refractivity contribution in [2.75, 3.05) is 0 Å². The minimum atomic E-state index is -1.34. The molecule has 2 N–H and O–H groups in total. The third-order valence-corrected chi connectivity index (χ3v) is 13.6. The third-order valence-electron chi connectivity index (χ3n) is 12.2. The second-order valence-corrected chi connectivity index (χ2v) is 17.7. The van der Waals surface area contributed by atoms with Crippen LogP contribution in [-0.2, 0) is 0 Å². The molecule has 0 aliphatic rings. The van der Waals surface area contributed by atoms with Gasteiger partial charge in [0.15, 0.2) is 0 Å². The van der Waals surface area contributed by atoms with Gasteiger partial charge in [0.1, 0.15) is 22.3 Å². The van der Waals surface area contributed by atoms with Crippen LogP contribution in [0, 0.1) is 0 Å². The lowest BCUT2D eigenvalue weighted by molar-refractivity contribution is 0.426. The van der Waals surface area contributed by atoms with E-state index >= 15 is 0 Å². The maximum absolute atomic E-state index is 8.58. The van der Waals surface area contributed by atoms with Gasteiger partial charge in [-0.15, -0.1) is 0 Å². The molecule has 0 aliphatic carbocycles. The second-order valence-electron chi connectivity index (χ2n) is 15.9. The number of benzene rings is 11. The summed E-state index contributed by atoms with van der Waals surface area (Å²) in [6.45, 7) is 0. The maximum atomic E-state index is 8.58. The van der Waals surface area contributed by atoms with E-state index in [0.717, 1.165) is 42.0 Å². The van der Waals surface area contributed by atoms with Crippen molar-refractivity contribution >= 4 is 131 Å². The predicted molar refractivity (Wildman–Crippen MR) is 280 cm³/mol. The van der Waals surface area contributed by atoms with Crippen molar-refractivity contribution in [3.05, 3.63) is 221 Å². The normalized spacial score (nSPS) is 11.4. The Kier molecular flexibility index (Phi) is 10.8. The highest BCUT2D eigenvalue weighted by Crippen LogP contribution is 2.43. The summed E-state index contributed by atoms with van der Waals surface area (Å²) in [6, 6.07) is 72.6. The van der Waals surface area contributed by atoms with Crippen LogP contribution in [0.15, 0.2) is 230 Å². The fourth-order valence-electron chi connectivity index (χ4n) is 9.27. The summed E-state index contributed by atoms with van der Waals surface area (Å²) in [5.74, 6) is 0. The zero-order valence-corrected chi connectivity index (χ0v) is 37.9. The third kappa shape index (κ3) is 7.37. The lowest BCUT2D eigenvalue weighted by atomic mass is 9.81. The van der Waals surface area contributed by atoms with Crippen molar-refractivity contribution in [1.29, 1.82) is 0 Å². The summed E-state index contributed by atoms with van der Waals surface area (Å²) in [5, 5.41) is 31.4. The molecular formula is C58H37BBr2O4. The van der Waals surface area contributed by atoms with E-state index in [1.807, 2.05) is 30.3 Å². The number of rotatable bonds is 3. The van der Waals surface area contributed by atoms with E-state index < -0.39 is 7.12 Å². The quantitative estimate of drug-likeness (QED) is 0.173. The van der Waals surface area contributed by atoms with Crippen LogP contribution in [0.25, 0.3) is 109 Å². The Balaban J connectivity index is 0.000000126. The van der Waals surface area contributed by atoms with Crippen LogP contribution in [0.5, 0.6) is 0 Å². The first-order chi connectivity index (χ1) is 31.9. The Labute approximate surface area is 391 Å². The first kappa shape index (κ1) is 40.8. The zero-order chi connectivity index (χ0) is 44.0. The van der Waals surface area contributed by atoms with E-state index in [0.29, 0.717) is 5.46 Å². The molecule has 0 amide bonds. The molecule has 0 saturated carbocycles. The lowest BCUT2D eigenvalue weighted by Gasteiger charge is -2.09. The molecule has 0 spiro atoms. The van der Waals surface area contributed by atoms with E-state index in [9.17, 15) is 0 Å². The van der Waals surface area contributed by atoms with Gasteiger partial charge in [-0.25, -0.2) is 0 Å². The molecule has 0 radical (unpaired) electrons. The van der Waals surface area contributed by atoms with Crippen LogP contribution in [0.3, 0.4) is 0 Å². The molecule has 7 heteroatoms.